The molecule has 0 spiro atoms. The van der Waals surface area contributed by atoms with Gasteiger partial charge in [0.15, 0.2) is 0 Å². The van der Waals surface area contributed by atoms with Crippen molar-refractivity contribution in [1.29, 1.82) is 0 Å². The first-order valence-corrected chi connectivity index (χ1v) is 10.3. The molecule has 2 aromatic carbocycles. The Labute approximate surface area is 160 Å². The third-order valence-corrected chi connectivity index (χ3v) is 5.55. The molecule has 6 nitrogen and oxygen atoms in total. The highest BCUT2D eigenvalue weighted by Gasteiger charge is 2.19. The van der Waals surface area contributed by atoms with Gasteiger partial charge in [-0.25, -0.2) is 8.42 Å². The second kappa shape index (κ2) is 8.00. The van der Waals surface area contributed by atoms with Gasteiger partial charge >= 0.3 is 0 Å². The number of anilines is 2. The molecule has 0 atom stereocenters. The molecule has 1 amide bonds. The number of amides is 1. The highest BCUT2D eigenvalue weighted by Crippen LogP contribution is 2.37. The van der Waals surface area contributed by atoms with E-state index in [-0.39, 0.29) is 28.4 Å². The molecule has 2 aromatic rings. The van der Waals surface area contributed by atoms with Gasteiger partial charge in [0.05, 0.1) is 4.90 Å². The minimum atomic E-state index is -3.80. The molecule has 0 radical (unpaired) electrons. The first-order chi connectivity index (χ1) is 12.5. The van der Waals surface area contributed by atoms with Crippen LogP contribution >= 0.6 is 0 Å². The van der Waals surface area contributed by atoms with E-state index in [0.717, 1.165) is 0 Å². The van der Waals surface area contributed by atoms with Crippen molar-refractivity contribution in [2.75, 3.05) is 10.0 Å². The lowest BCUT2D eigenvalue weighted by Crippen LogP contribution is -2.14. The summed E-state index contributed by atoms with van der Waals surface area (Å²) in [4.78, 5) is 11.2. The fourth-order valence-corrected chi connectivity index (χ4v) is 3.79. The Hall–Kier alpha value is -2.54. The Kier molecular flexibility index (Phi) is 6.15. The van der Waals surface area contributed by atoms with E-state index in [4.69, 9.17) is 0 Å². The Morgan fingerprint density at radius 3 is 1.81 bits per heavy atom. The largest absolute Gasteiger partial charge is 0.507 e. The zero-order chi connectivity index (χ0) is 20.4. The summed E-state index contributed by atoms with van der Waals surface area (Å²) in [7, 11) is -3.80. The Morgan fingerprint density at radius 1 is 0.926 bits per heavy atom. The molecule has 0 saturated heterocycles. The standard InChI is InChI=1S/C20H26N2O4S/c1-12(2)18-10-16(11-19(13(3)4)20(18)24)22-27(25,26)17-8-6-15(7-9-17)21-14(5)23/h6-13,22,24H,1-5H3,(H,21,23). The number of carbonyl (C=O) groups excluding carboxylic acids is 1. The average molecular weight is 391 g/mol. The van der Waals surface area contributed by atoms with Gasteiger partial charge in [-0.2, -0.15) is 0 Å². The number of phenols is 1. The SMILES string of the molecule is CC(=O)Nc1ccc(S(=O)(=O)Nc2cc(C(C)C)c(O)c(C(C)C)c2)cc1. The van der Waals surface area contributed by atoms with E-state index in [9.17, 15) is 18.3 Å². The minimum Gasteiger partial charge on any atom is -0.507 e. The van der Waals surface area contributed by atoms with Crippen LogP contribution in [0.1, 0.15) is 57.6 Å². The molecule has 0 aliphatic rings. The van der Waals surface area contributed by atoms with Gasteiger partial charge < -0.3 is 10.4 Å². The van der Waals surface area contributed by atoms with Crippen LogP contribution in [0.2, 0.25) is 0 Å². The first-order valence-electron chi connectivity index (χ1n) is 8.78. The van der Waals surface area contributed by atoms with Crippen LogP contribution in [0.25, 0.3) is 0 Å². The van der Waals surface area contributed by atoms with Gasteiger partial charge in [-0.3, -0.25) is 9.52 Å². The molecule has 0 saturated carbocycles. The van der Waals surface area contributed by atoms with Crippen LogP contribution in [0.15, 0.2) is 41.3 Å². The molecule has 0 aromatic heterocycles. The summed E-state index contributed by atoms with van der Waals surface area (Å²) in [5.74, 6) is 0.0747. The topological polar surface area (TPSA) is 95.5 Å². The van der Waals surface area contributed by atoms with Crippen LogP contribution in [0.5, 0.6) is 5.75 Å². The van der Waals surface area contributed by atoms with Crippen molar-refractivity contribution in [2.45, 2.75) is 51.3 Å². The summed E-state index contributed by atoms with van der Waals surface area (Å²) in [6.45, 7) is 9.16. The molecule has 7 heteroatoms. The third kappa shape index (κ3) is 5.01. The highest BCUT2D eigenvalue weighted by atomic mass is 32.2. The van der Waals surface area contributed by atoms with Crippen LogP contribution in [0.4, 0.5) is 11.4 Å². The number of hydrogen-bond donors (Lipinski definition) is 3. The number of nitrogens with one attached hydrogen (secondary N) is 2. The number of rotatable bonds is 6. The van der Waals surface area contributed by atoms with Crippen molar-refractivity contribution in [2.24, 2.45) is 0 Å². The van der Waals surface area contributed by atoms with E-state index in [0.29, 0.717) is 22.5 Å². The van der Waals surface area contributed by atoms with E-state index in [1.165, 1.54) is 31.2 Å². The van der Waals surface area contributed by atoms with Crippen molar-refractivity contribution < 1.29 is 18.3 Å². The average Bonchev–Trinajstić information content (AvgIpc) is 2.55. The molecule has 0 bridgehead atoms. The van der Waals surface area contributed by atoms with Crippen molar-refractivity contribution in [3.8, 4) is 5.75 Å². The molecule has 2 rings (SSSR count). The lowest BCUT2D eigenvalue weighted by Gasteiger charge is -2.18. The number of hydrogen-bond acceptors (Lipinski definition) is 4. The van der Waals surface area contributed by atoms with Crippen molar-refractivity contribution in [1.82, 2.24) is 0 Å². The lowest BCUT2D eigenvalue weighted by molar-refractivity contribution is -0.114. The molecule has 0 aliphatic carbocycles. The number of carbonyl (C=O) groups is 1. The highest BCUT2D eigenvalue weighted by molar-refractivity contribution is 7.92. The Morgan fingerprint density at radius 2 is 1.41 bits per heavy atom. The van der Waals surface area contributed by atoms with Gasteiger partial charge in [-0.1, -0.05) is 27.7 Å². The molecule has 0 fully saturated rings. The maximum atomic E-state index is 12.7. The molecule has 146 valence electrons. The second-order valence-electron chi connectivity index (χ2n) is 7.12. The first kappa shape index (κ1) is 20.8. The van der Waals surface area contributed by atoms with Crippen molar-refractivity contribution in [3.63, 3.8) is 0 Å². The van der Waals surface area contributed by atoms with Gasteiger partial charge in [-0.05, 0) is 59.4 Å². The number of phenolic OH excluding ortho intramolecular Hbond substituents is 1. The van der Waals surface area contributed by atoms with Gasteiger partial charge in [0.25, 0.3) is 10.0 Å². The van der Waals surface area contributed by atoms with Crippen LogP contribution in [0.3, 0.4) is 0 Å². The zero-order valence-electron chi connectivity index (χ0n) is 16.2. The lowest BCUT2D eigenvalue weighted by atomic mass is 9.93. The minimum absolute atomic E-state index is 0.0453. The number of aromatic hydroxyl groups is 1. The quantitative estimate of drug-likeness (QED) is 0.637. The van der Waals surface area contributed by atoms with E-state index < -0.39 is 10.0 Å². The molecular weight excluding hydrogens is 364 g/mol. The summed E-state index contributed by atoms with van der Waals surface area (Å²) < 4.78 is 28.0. The van der Waals surface area contributed by atoms with Gasteiger partial charge in [0, 0.05) is 18.3 Å². The fourth-order valence-electron chi connectivity index (χ4n) is 2.75. The van der Waals surface area contributed by atoms with Crippen LogP contribution in [-0.2, 0) is 14.8 Å². The Balaban J connectivity index is 2.38. The summed E-state index contributed by atoms with van der Waals surface area (Å²) in [6.07, 6.45) is 0. The molecular formula is C20H26N2O4S. The summed E-state index contributed by atoms with van der Waals surface area (Å²) in [5, 5.41) is 13.1. The number of benzene rings is 2. The monoisotopic (exact) mass is 390 g/mol. The zero-order valence-corrected chi connectivity index (χ0v) is 17.0. The van der Waals surface area contributed by atoms with E-state index in [1.54, 1.807) is 12.1 Å². The van der Waals surface area contributed by atoms with Crippen LogP contribution in [0, 0.1) is 0 Å². The number of sulfonamides is 1. The maximum absolute atomic E-state index is 12.7. The van der Waals surface area contributed by atoms with Crippen LogP contribution in [-0.4, -0.2) is 19.4 Å². The summed E-state index contributed by atoms with van der Waals surface area (Å²) in [6, 6.07) is 9.25. The van der Waals surface area contributed by atoms with Gasteiger partial charge in [-0.15, -0.1) is 0 Å². The fraction of sp³-hybridized carbons (Fsp3) is 0.350. The molecule has 27 heavy (non-hydrogen) atoms. The second-order valence-corrected chi connectivity index (χ2v) is 8.81. The van der Waals surface area contributed by atoms with Gasteiger partial charge in [0.2, 0.25) is 5.91 Å². The van der Waals surface area contributed by atoms with Crippen molar-refractivity contribution >= 4 is 27.3 Å². The normalized spacial score (nSPS) is 11.7. The van der Waals surface area contributed by atoms with E-state index in [1.807, 2.05) is 27.7 Å². The third-order valence-electron chi connectivity index (χ3n) is 4.15. The van der Waals surface area contributed by atoms with Crippen molar-refractivity contribution in [3.05, 3.63) is 47.5 Å². The van der Waals surface area contributed by atoms with Gasteiger partial charge in [0.1, 0.15) is 5.75 Å². The van der Waals surface area contributed by atoms with E-state index in [2.05, 4.69) is 10.0 Å². The maximum Gasteiger partial charge on any atom is 0.261 e. The molecule has 3 N–H and O–H groups in total. The van der Waals surface area contributed by atoms with Crippen LogP contribution < -0.4 is 10.0 Å². The summed E-state index contributed by atoms with van der Waals surface area (Å²) >= 11 is 0. The molecule has 0 heterocycles. The predicted molar refractivity (Wildman–Crippen MR) is 108 cm³/mol. The smallest absolute Gasteiger partial charge is 0.261 e. The van der Waals surface area contributed by atoms with E-state index >= 15 is 0 Å². The Bertz CT molecular complexity index is 904. The summed E-state index contributed by atoms with van der Waals surface area (Å²) in [5.41, 5.74) is 2.32. The molecule has 0 unspecified atom stereocenters. The predicted octanol–water partition coefficient (Wildman–Crippen LogP) is 4.40. The molecule has 0 aliphatic heterocycles.